The van der Waals surface area contributed by atoms with Gasteiger partial charge in [-0.3, -0.25) is 33.6 Å². The molecule has 0 saturated heterocycles. The molecule has 0 saturated carbocycles. The number of rotatable bonds is 4. The molecule has 2 amide bonds. The highest BCUT2D eigenvalue weighted by Crippen LogP contribution is 2.28. The van der Waals surface area contributed by atoms with Crippen molar-refractivity contribution in [3.05, 3.63) is 57.4 Å². The van der Waals surface area contributed by atoms with E-state index in [0.29, 0.717) is 11.4 Å². The van der Waals surface area contributed by atoms with Crippen LogP contribution in [0, 0.1) is 0 Å². The predicted molar refractivity (Wildman–Crippen MR) is 89.7 cm³/mol. The zero-order valence-corrected chi connectivity index (χ0v) is 13.4. The number of amides is 2. The van der Waals surface area contributed by atoms with Crippen LogP contribution in [0.4, 0.5) is 11.4 Å². The Morgan fingerprint density at radius 2 is 1.88 bits per heavy atom. The summed E-state index contributed by atoms with van der Waals surface area (Å²) in [6.07, 6.45) is 1.15. The highest BCUT2D eigenvalue weighted by atomic mass is 16.5. The Hall–Kier alpha value is -3.69. The Bertz CT molecular complexity index is 992. The SMILES string of the molecule is O=C1CN(C(=O)COC(=O)Cn2ccc(=O)[nH]c2=O)c2ccccc2N1. The Balaban J connectivity index is 1.64. The fraction of sp³-hybridized carbons (Fsp3) is 0.188. The van der Waals surface area contributed by atoms with Crippen molar-refractivity contribution in [3.8, 4) is 0 Å². The number of ether oxygens (including phenoxy) is 1. The zero-order chi connectivity index (χ0) is 18.7. The standard InChI is InChI=1S/C16H14N4O6/c21-12-5-6-19(16(25)18-12)8-15(24)26-9-14(23)20-7-13(22)17-10-3-1-2-4-11(10)20/h1-6H,7-9H2,(H,17,22)(H,18,21,25). The topological polar surface area (TPSA) is 131 Å². The molecular formula is C16H14N4O6. The number of benzene rings is 1. The molecule has 0 bridgehead atoms. The fourth-order valence-corrected chi connectivity index (χ4v) is 2.43. The second-order valence-electron chi connectivity index (χ2n) is 5.44. The molecule has 2 aromatic rings. The van der Waals surface area contributed by atoms with E-state index in [1.54, 1.807) is 24.3 Å². The summed E-state index contributed by atoms with van der Waals surface area (Å²) in [6.45, 7) is -1.23. The predicted octanol–water partition coefficient (Wildman–Crippen LogP) is -0.935. The number of anilines is 2. The summed E-state index contributed by atoms with van der Waals surface area (Å²) >= 11 is 0. The summed E-state index contributed by atoms with van der Waals surface area (Å²) in [4.78, 5) is 61.6. The third kappa shape index (κ3) is 3.69. The number of para-hydroxylation sites is 2. The van der Waals surface area contributed by atoms with Gasteiger partial charge in [0.2, 0.25) is 5.91 Å². The molecule has 1 aromatic carbocycles. The number of fused-ring (bicyclic) bond motifs is 1. The first kappa shape index (κ1) is 17.1. The average molecular weight is 358 g/mol. The lowest BCUT2D eigenvalue weighted by Gasteiger charge is -2.28. The molecule has 0 spiro atoms. The van der Waals surface area contributed by atoms with Crippen molar-refractivity contribution in [2.75, 3.05) is 23.4 Å². The summed E-state index contributed by atoms with van der Waals surface area (Å²) in [5.41, 5.74) is -0.354. The Labute approximate surface area is 146 Å². The van der Waals surface area contributed by atoms with Crippen molar-refractivity contribution >= 4 is 29.2 Å². The van der Waals surface area contributed by atoms with Crippen LogP contribution < -0.4 is 21.5 Å². The lowest BCUT2D eigenvalue weighted by molar-refractivity contribution is -0.148. The summed E-state index contributed by atoms with van der Waals surface area (Å²) in [5, 5.41) is 2.65. The van der Waals surface area contributed by atoms with Crippen LogP contribution in [0.1, 0.15) is 0 Å². The van der Waals surface area contributed by atoms with E-state index < -0.39 is 36.3 Å². The molecule has 1 aromatic heterocycles. The van der Waals surface area contributed by atoms with Crippen LogP contribution >= 0.6 is 0 Å². The monoisotopic (exact) mass is 358 g/mol. The molecule has 0 atom stereocenters. The van der Waals surface area contributed by atoms with Crippen LogP contribution in [0.15, 0.2) is 46.1 Å². The van der Waals surface area contributed by atoms with Crippen molar-refractivity contribution in [1.29, 1.82) is 0 Å². The molecule has 26 heavy (non-hydrogen) atoms. The van der Waals surface area contributed by atoms with Crippen molar-refractivity contribution in [3.63, 3.8) is 0 Å². The number of aromatic nitrogens is 2. The number of carbonyl (C=O) groups is 3. The van der Waals surface area contributed by atoms with Gasteiger partial charge in [-0.05, 0) is 12.1 Å². The Kier molecular flexibility index (Phi) is 4.65. The van der Waals surface area contributed by atoms with Crippen molar-refractivity contribution in [1.82, 2.24) is 9.55 Å². The maximum Gasteiger partial charge on any atom is 0.328 e. The van der Waals surface area contributed by atoms with Gasteiger partial charge < -0.3 is 10.1 Å². The van der Waals surface area contributed by atoms with E-state index >= 15 is 0 Å². The number of nitrogens with zero attached hydrogens (tertiary/aromatic N) is 2. The second kappa shape index (κ2) is 7.05. The third-order valence-electron chi connectivity index (χ3n) is 3.62. The minimum absolute atomic E-state index is 0.188. The molecule has 3 rings (SSSR count). The maximum atomic E-state index is 12.3. The van der Waals surface area contributed by atoms with Crippen LogP contribution in [-0.4, -0.2) is 40.5 Å². The molecule has 0 fully saturated rings. The van der Waals surface area contributed by atoms with Crippen molar-refractivity contribution in [2.45, 2.75) is 6.54 Å². The van der Waals surface area contributed by atoms with Crippen molar-refractivity contribution in [2.24, 2.45) is 0 Å². The van der Waals surface area contributed by atoms with E-state index in [9.17, 15) is 24.0 Å². The molecule has 1 aliphatic rings. The summed E-state index contributed by atoms with van der Waals surface area (Å²) in [5.74, 6) is -1.76. The number of hydrogen-bond acceptors (Lipinski definition) is 6. The van der Waals surface area contributed by atoms with Gasteiger partial charge in [0.15, 0.2) is 6.61 Å². The van der Waals surface area contributed by atoms with Gasteiger partial charge in [0.05, 0.1) is 11.4 Å². The van der Waals surface area contributed by atoms with Gasteiger partial charge in [-0.15, -0.1) is 0 Å². The van der Waals surface area contributed by atoms with E-state index in [1.165, 1.54) is 4.90 Å². The number of aromatic amines is 1. The number of carbonyl (C=O) groups excluding carboxylic acids is 3. The highest BCUT2D eigenvalue weighted by molar-refractivity contribution is 6.10. The van der Waals surface area contributed by atoms with E-state index in [-0.39, 0.29) is 12.5 Å². The minimum atomic E-state index is -0.831. The quantitative estimate of drug-likeness (QED) is 0.679. The molecule has 134 valence electrons. The summed E-state index contributed by atoms with van der Waals surface area (Å²) in [7, 11) is 0. The first-order valence-electron chi connectivity index (χ1n) is 7.58. The lowest BCUT2D eigenvalue weighted by Crippen LogP contribution is -2.44. The van der Waals surface area contributed by atoms with E-state index in [0.717, 1.165) is 16.8 Å². The zero-order valence-electron chi connectivity index (χ0n) is 13.4. The van der Waals surface area contributed by atoms with Crippen LogP contribution in [0.5, 0.6) is 0 Å². The van der Waals surface area contributed by atoms with Crippen LogP contribution in [-0.2, 0) is 25.7 Å². The summed E-state index contributed by atoms with van der Waals surface area (Å²) < 4.78 is 5.83. The van der Waals surface area contributed by atoms with Crippen LogP contribution in [0.3, 0.4) is 0 Å². The summed E-state index contributed by atoms with van der Waals surface area (Å²) in [6, 6.07) is 7.83. The first-order chi connectivity index (χ1) is 12.4. The van der Waals surface area contributed by atoms with Crippen molar-refractivity contribution < 1.29 is 19.1 Å². The van der Waals surface area contributed by atoms with E-state index in [4.69, 9.17) is 4.74 Å². The van der Waals surface area contributed by atoms with Gasteiger partial charge in [-0.25, -0.2) is 4.79 Å². The number of nitrogens with one attached hydrogen (secondary N) is 2. The van der Waals surface area contributed by atoms with Gasteiger partial charge in [0.25, 0.3) is 11.5 Å². The second-order valence-corrected chi connectivity index (χ2v) is 5.44. The highest BCUT2D eigenvalue weighted by Gasteiger charge is 2.27. The number of hydrogen-bond donors (Lipinski definition) is 2. The molecule has 0 aliphatic carbocycles. The molecule has 0 unspecified atom stereocenters. The molecule has 10 nitrogen and oxygen atoms in total. The molecule has 10 heteroatoms. The molecular weight excluding hydrogens is 344 g/mol. The third-order valence-corrected chi connectivity index (χ3v) is 3.62. The van der Waals surface area contributed by atoms with Gasteiger partial charge in [0.1, 0.15) is 13.1 Å². The number of esters is 1. The Morgan fingerprint density at radius 1 is 1.12 bits per heavy atom. The fourth-order valence-electron chi connectivity index (χ4n) is 2.43. The lowest BCUT2D eigenvalue weighted by atomic mass is 10.2. The Morgan fingerprint density at radius 3 is 2.65 bits per heavy atom. The first-order valence-corrected chi connectivity index (χ1v) is 7.58. The largest absolute Gasteiger partial charge is 0.454 e. The van der Waals surface area contributed by atoms with Gasteiger partial charge in [-0.1, -0.05) is 12.1 Å². The normalized spacial score (nSPS) is 12.9. The molecule has 0 radical (unpaired) electrons. The molecule has 2 N–H and O–H groups in total. The van der Waals surface area contributed by atoms with E-state index in [1.807, 2.05) is 4.98 Å². The molecule has 2 heterocycles. The smallest absolute Gasteiger partial charge is 0.328 e. The molecule has 1 aliphatic heterocycles. The van der Waals surface area contributed by atoms with Gasteiger partial charge >= 0.3 is 11.7 Å². The van der Waals surface area contributed by atoms with E-state index in [2.05, 4.69) is 5.32 Å². The number of H-pyrrole nitrogens is 1. The van der Waals surface area contributed by atoms with Gasteiger partial charge in [0, 0.05) is 12.3 Å². The van der Waals surface area contributed by atoms with Crippen LogP contribution in [0.25, 0.3) is 0 Å². The minimum Gasteiger partial charge on any atom is -0.454 e. The maximum absolute atomic E-state index is 12.3. The van der Waals surface area contributed by atoms with Gasteiger partial charge in [-0.2, -0.15) is 0 Å². The average Bonchev–Trinajstić information content (AvgIpc) is 2.61. The van der Waals surface area contributed by atoms with Crippen LogP contribution in [0.2, 0.25) is 0 Å².